The number of rotatable bonds is 5. The molecule has 5 heteroatoms. The molecule has 1 aliphatic rings. The summed E-state index contributed by atoms with van der Waals surface area (Å²) in [5.41, 5.74) is 2.27. The lowest BCUT2D eigenvalue weighted by atomic mass is 10.2. The fraction of sp³-hybridized carbons (Fsp3) is 0.611. The van der Waals surface area contributed by atoms with Crippen molar-refractivity contribution < 1.29 is 8.94 Å². The minimum Gasteiger partial charge on any atom is -0.465 e. The number of hydrogen-bond donors (Lipinski definition) is 0. The zero-order valence-corrected chi connectivity index (χ0v) is 14.5. The Morgan fingerprint density at radius 2 is 1.70 bits per heavy atom. The molecule has 0 saturated carbocycles. The van der Waals surface area contributed by atoms with E-state index in [1.165, 1.54) is 12.0 Å². The van der Waals surface area contributed by atoms with Crippen LogP contribution in [0.25, 0.3) is 0 Å². The molecule has 0 bridgehead atoms. The normalized spacial score (nSPS) is 17.5. The van der Waals surface area contributed by atoms with Crippen molar-refractivity contribution in [3.05, 3.63) is 40.7 Å². The predicted molar refractivity (Wildman–Crippen MR) is 89.2 cm³/mol. The fourth-order valence-electron chi connectivity index (χ4n) is 3.21. The molecule has 3 heterocycles. The molecule has 0 radical (unpaired) electrons. The van der Waals surface area contributed by atoms with Crippen molar-refractivity contribution in [3.63, 3.8) is 0 Å². The van der Waals surface area contributed by atoms with Crippen LogP contribution in [0.15, 0.2) is 21.1 Å². The van der Waals surface area contributed by atoms with Crippen LogP contribution < -0.4 is 0 Å². The van der Waals surface area contributed by atoms with E-state index in [1.54, 1.807) is 0 Å². The van der Waals surface area contributed by atoms with Gasteiger partial charge in [0.05, 0.1) is 12.2 Å². The molecule has 23 heavy (non-hydrogen) atoms. The monoisotopic (exact) mass is 317 g/mol. The van der Waals surface area contributed by atoms with Crippen LogP contribution in [-0.4, -0.2) is 41.1 Å². The Bertz CT molecular complexity index is 613. The molecule has 0 atom stereocenters. The van der Waals surface area contributed by atoms with Gasteiger partial charge < -0.3 is 8.94 Å². The third kappa shape index (κ3) is 4.03. The molecule has 5 nitrogen and oxygen atoms in total. The second-order valence-electron chi connectivity index (χ2n) is 6.43. The van der Waals surface area contributed by atoms with Gasteiger partial charge in [-0.15, -0.1) is 0 Å². The zero-order chi connectivity index (χ0) is 16.2. The molecule has 0 amide bonds. The van der Waals surface area contributed by atoms with E-state index in [-0.39, 0.29) is 0 Å². The lowest BCUT2D eigenvalue weighted by Gasteiger charge is -2.21. The van der Waals surface area contributed by atoms with Gasteiger partial charge in [-0.05, 0) is 45.5 Å². The smallest absolute Gasteiger partial charge is 0.138 e. The third-order valence-corrected chi connectivity index (χ3v) is 4.69. The molecule has 3 rings (SSSR count). The first-order valence-electron chi connectivity index (χ1n) is 8.59. The van der Waals surface area contributed by atoms with E-state index in [0.29, 0.717) is 0 Å². The SMILES string of the molecule is CCc1ccc(CN2CCCN(Cc3c(C)noc3C)CC2)o1. The van der Waals surface area contributed by atoms with Gasteiger partial charge in [-0.3, -0.25) is 9.80 Å². The molecule has 0 unspecified atom stereocenters. The third-order valence-electron chi connectivity index (χ3n) is 4.69. The van der Waals surface area contributed by atoms with Crippen LogP contribution in [0.4, 0.5) is 0 Å². The molecule has 1 fully saturated rings. The van der Waals surface area contributed by atoms with E-state index in [4.69, 9.17) is 8.94 Å². The average molecular weight is 317 g/mol. The highest BCUT2D eigenvalue weighted by atomic mass is 16.5. The molecule has 2 aromatic heterocycles. The van der Waals surface area contributed by atoms with Crippen LogP contribution in [0.1, 0.15) is 41.9 Å². The minimum absolute atomic E-state index is 0.916. The Kier molecular flexibility index (Phi) is 5.18. The maximum Gasteiger partial charge on any atom is 0.138 e. The Balaban J connectivity index is 1.54. The molecule has 2 aromatic rings. The second-order valence-corrected chi connectivity index (χ2v) is 6.43. The maximum atomic E-state index is 5.84. The van der Waals surface area contributed by atoms with Crippen molar-refractivity contribution in [3.8, 4) is 0 Å². The van der Waals surface area contributed by atoms with Gasteiger partial charge in [0.2, 0.25) is 0 Å². The molecule has 0 aromatic carbocycles. The highest BCUT2D eigenvalue weighted by molar-refractivity contribution is 5.20. The van der Waals surface area contributed by atoms with Crippen LogP contribution in [0.3, 0.4) is 0 Å². The number of hydrogen-bond acceptors (Lipinski definition) is 5. The molecular weight excluding hydrogens is 290 g/mol. The zero-order valence-electron chi connectivity index (χ0n) is 14.5. The first kappa shape index (κ1) is 16.3. The van der Waals surface area contributed by atoms with Crippen LogP contribution in [0.5, 0.6) is 0 Å². The van der Waals surface area contributed by atoms with Gasteiger partial charge >= 0.3 is 0 Å². The van der Waals surface area contributed by atoms with Gasteiger partial charge in [0.1, 0.15) is 17.3 Å². The Morgan fingerprint density at radius 3 is 2.30 bits per heavy atom. The van der Waals surface area contributed by atoms with Crippen molar-refractivity contribution in [2.24, 2.45) is 0 Å². The van der Waals surface area contributed by atoms with Crippen molar-refractivity contribution in [2.45, 2.75) is 46.7 Å². The molecule has 126 valence electrons. The summed E-state index contributed by atoms with van der Waals surface area (Å²) in [6.07, 6.45) is 2.15. The topological polar surface area (TPSA) is 45.7 Å². The van der Waals surface area contributed by atoms with E-state index in [0.717, 1.165) is 68.7 Å². The summed E-state index contributed by atoms with van der Waals surface area (Å²) in [6, 6.07) is 4.21. The largest absolute Gasteiger partial charge is 0.465 e. The molecule has 1 aliphatic heterocycles. The minimum atomic E-state index is 0.916. The quantitative estimate of drug-likeness (QED) is 0.847. The van der Waals surface area contributed by atoms with E-state index < -0.39 is 0 Å². The van der Waals surface area contributed by atoms with Gasteiger partial charge in [0.25, 0.3) is 0 Å². The van der Waals surface area contributed by atoms with Crippen molar-refractivity contribution in [2.75, 3.05) is 26.2 Å². The van der Waals surface area contributed by atoms with Crippen LogP contribution in [-0.2, 0) is 19.5 Å². The molecule has 0 spiro atoms. The number of aromatic nitrogens is 1. The Labute approximate surface area is 138 Å². The van der Waals surface area contributed by atoms with E-state index >= 15 is 0 Å². The Morgan fingerprint density at radius 1 is 1.00 bits per heavy atom. The van der Waals surface area contributed by atoms with Gasteiger partial charge in [-0.1, -0.05) is 12.1 Å². The van der Waals surface area contributed by atoms with E-state index in [1.807, 2.05) is 13.8 Å². The summed E-state index contributed by atoms with van der Waals surface area (Å²) in [7, 11) is 0. The van der Waals surface area contributed by atoms with Gasteiger partial charge in [-0.2, -0.15) is 0 Å². The van der Waals surface area contributed by atoms with Crippen molar-refractivity contribution >= 4 is 0 Å². The highest BCUT2D eigenvalue weighted by Crippen LogP contribution is 2.17. The summed E-state index contributed by atoms with van der Waals surface area (Å²) in [4.78, 5) is 5.00. The number of nitrogens with zero attached hydrogens (tertiary/aromatic N) is 3. The summed E-state index contributed by atoms with van der Waals surface area (Å²) in [5, 5.41) is 4.06. The summed E-state index contributed by atoms with van der Waals surface area (Å²) < 4.78 is 11.1. The average Bonchev–Trinajstić information content (AvgIpc) is 3.04. The number of furan rings is 1. The predicted octanol–water partition coefficient (Wildman–Crippen LogP) is 3.15. The van der Waals surface area contributed by atoms with Gasteiger partial charge in [0.15, 0.2) is 0 Å². The van der Waals surface area contributed by atoms with E-state index in [2.05, 4.69) is 34.0 Å². The molecule has 1 saturated heterocycles. The van der Waals surface area contributed by atoms with Gasteiger partial charge in [-0.25, -0.2) is 0 Å². The van der Waals surface area contributed by atoms with Crippen LogP contribution in [0.2, 0.25) is 0 Å². The standard InChI is InChI=1S/C18H27N3O2/c1-4-16-6-7-17(22-16)12-20-8-5-9-21(11-10-20)13-18-14(2)19-23-15(18)3/h6-7H,4-5,8-13H2,1-3H3. The summed E-state index contributed by atoms with van der Waals surface area (Å²) >= 11 is 0. The van der Waals surface area contributed by atoms with Crippen LogP contribution in [0, 0.1) is 13.8 Å². The van der Waals surface area contributed by atoms with Crippen molar-refractivity contribution in [1.29, 1.82) is 0 Å². The Hall–Kier alpha value is -1.59. The second kappa shape index (κ2) is 7.32. The molecule has 0 N–H and O–H groups in total. The summed E-state index contributed by atoms with van der Waals surface area (Å²) in [5.74, 6) is 3.11. The number of aryl methyl sites for hydroxylation is 3. The lowest BCUT2D eigenvalue weighted by Crippen LogP contribution is -2.30. The first-order valence-corrected chi connectivity index (χ1v) is 8.59. The molecular formula is C18H27N3O2. The maximum absolute atomic E-state index is 5.84. The summed E-state index contributed by atoms with van der Waals surface area (Å²) in [6.45, 7) is 12.4. The van der Waals surface area contributed by atoms with Gasteiger partial charge in [0, 0.05) is 31.6 Å². The van der Waals surface area contributed by atoms with Crippen LogP contribution >= 0.6 is 0 Å². The van der Waals surface area contributed by atoms with Crippen molar-refractivity contribution in [1.82, 2.24) is 15.0 Å². The molecule has 0 aliphatic carbocycles. The van der Waals surface area contributed by atoms with E-state index in [9.17, 15) is 0 Å². The fourth-order valence-corrected chi connectivity index (χ4v) is 3.21. The lowest BCUT2D eigenvalue weighted by molar-refractivity contribution is 0.232. The first-order chi connectivity index (χ1) is 11.2. The highest BCUT2D eigenvalue weighted by Gasteiger charge is 2.19.